The van der Waals surface area contributed by atoms with Gasteiger partial charge >= 0.3 is 5.69 Å². The molecule has 2 rings (SSSR count). The highest BCUT2D eigenvalue weighted by atomic mass is 32.2. The molecule has 110 valence electrons. The third-order valence-corrected chi connectivity index (χ3v) is 3.66. The Labute approximate surface area is 119 Å². The van der Waals surface area contributed by atoms with Gasteiger partial charge in [0.25, 0.3) is 0 Å². The van der Waals surface area contributed by atoms with Crippen molar-refractivity contribution in [3.8, 4) is 5.75 Å². The molecule has 1 saturated heterocycles. The Bertz CT molecular complexity index is 494. The van der Waals surface area contributed by atoms with Crippen LogP contribution in [0.5, 0.6) is 5.75 Å². The van der Waals surface area contributed by atoms with Gasteiger partial charge in [0, 0.05) is 37.0 Å². The van der Waals surface area contributed by atoms with Crippen LogP contribution in [0.25, 0.3) is 0 Å². The molecule has 0 aromatic heterocycles. The van der Waals surface area contributed by atoms with E-state index >= 15 is 0 Å². The molecule has 0 atom stereocenters. The first-order chi connectivity index (χ1) is 9.54. The normalized spacial score (nSPS) is 17.7. The molecule has 1 fully saturated rings. The molecule has 6 nitrogen and oxygen atoms in total. The van der Waals surface area contributed by atoms with Crippen molar-refractivity contribution in [2.24, 2.45) is 5.14 Å². The molecule has 1 aliphatic heterocycles. The fourth-order valence-electron chi connectivity index (χ4n) is 1.92. The number of ether oxygens (including phenoxy) is 2. The highest BCUT2D eigenvalue weighted by molar-refractivity contribution is 7.97. The van der Waals surface area contributed by atoms with Gasteiger partial charge in [-0.25, -0.2) is 4.39 Å². The van der Waals surface area contributed by atoms with Gasteiger partial charge in [-0.15, -0.1) is 0 Å². The Morgan fingerprint density at radius 2 is 2.20 bits per heavy atom. The van der Waals surface area contributed by atoms with Gasteiger partial charge in [-0.2, -0.15) is 0 Å². The first kappa shape index (κ1) is 15.0. The molecule has 2 N–H and O–H groups in total. The zero-order chi connectivity index (χ0) is 14.6. The summed E-state index contributed by atoms with van der Waals surface area (Å²) in [4.78, 5) is 11.0. The van der Waals surface area contributed by atoms with Crippen LogP contribution >= 0.6 is 11.9 Å². The first-order valence-electron chi connectivity index (χ1n) is 6.09. The predicted octanol–water partition coefficient (Wildman–Crippen LogP) is 2.46. The summed E-state index contributed by atoms with van der Waals surface area (Å²) in [6, 6.07) is 4.35. The molecule has 0 amide bonds. The van der Waals surface area contributed by atoms with E-state index in [4.69, 9.17) is 14.6 Å². The molecule has 1 aliphatic rings. The third-order valence-electron chi connectivity index (χ3n) is 3.14. The van der Waals surface area contributed by atoms with E-state index in [1.807, 2.05) is 0 Å². The quantitative estimate of drug-likeness (QED) is 0.510. The summed E-state index contributed by atoms with van der Waals surface area (Å²) >= 11 is 0.904. The maximum Gasteiger partial charge on any atom is 0.312 e. The van der Waals surface area contributed by atoms with Crippen molar-refractivity contribution in [1.82, 2.24) is 0 Å². The van der Waals surface area contributed by atoms with Crippen LogP contribution in [0.2, 0.25) is 0 Å². The lowest BCUT2D eigenvalue weighted by Gasteiger charge is -2.29. The molecule has 0 bridgehead atoms. The summed E-state index contributed by atoms with van der Waals surface area (Å²) < 4.78 is 24.7. The van der Waals surface area contributed by atoms with E-state index in [-0.39, 0.29) is 30.9 Å². The van der Waals surface area contributed by atoms with Crippen molar-refractivity contribution in [3.05, 3.63) is 28.3 Å². The Hall–Kier alpha value is -1.38. The molecule has 0 unspecified atom stereocenters. The molecular weight excluding hydrogens is 287 g/mol. The largest absolute Gasteiger partial charge is 0.483 e. The molecule has 8 heteroatoms. The van der Waals surface area contributed by atoms with Crippen molar-refractivity contribution in [3.63, 3.8) is 0 Å². The molecule has 0 spiro atoms. The van der Waals surface area contributed by atoms with Gasteiger partial charge in [0.05, 0.1) is 4.92 Å². The number of halogens is 1. The summed E-state index contributed by atoms with van der Waals surface area (Å²) in [5.41, 5.74) is -1.70. The van der Waals surface area contributed by atoms with Crippen LogP contribution in [-0.2, 0) is 4.74 Å². The van der Waals surface area contributed by atoms with Gasteiger partial charge in [-0.3, -0.25) is 15.3 Å². The maximum absolute atomic E-state index is 14.3. The van der Waals surface area contributed by atoms with Crippen molar-refractivity contribution in [2.45, 2.75) is 23.4 Å². The number of nitrogens with two attached hydrogens (primary N) is 1. The van der Waals surface area contributed by atoms with Gasteiger partial charge in [-0.1, -0.05) is 0 Å². The lowest BCUT2D eigenvalue weighted by atomic mass is 9.98. The molecule has 1 heterocycles. The Morgan fingerprint density at radius 1 is 1.50 bits per heavy atom. The smallest absolute Gasteiger partial charge is 0.312 e. The van der Waals surface area contributed by atoms with Crippen LogP contribution in [0.1, 0.15) is 12.8 Å². The molecule has 1 aromatic carbocycles. The summed E-state index contributed by atoms with van der Waals surface area (Å²) in [7, 11) is 0. The minimum Gasteiger partial charge on any atom is -0.483 e. The van der Waals surface area contributed by atoms with E-state index in [2.05, 4.69) is 0 Å². The lowest BCUT2D eigenvalue weighted by Crippen LogP contribution is -2.37. The second-order valence-electron chi connectivity index (χ2n) is 4.56. The average molecular weight is 302 g/mol. The predicted molar refractivity (Wildman–Crippen MR) is 72.5 cm³/mol. The van der Waals surface area contributed by atoms with Gasteiger partial charge in [0.2, 0.25) is 0 Å². The van der Waals surface area contributed by atoms with Gasteiger partial charge in [0.15, 0.2) is 5.75 Å². The fraction of sp³-hybridized carbons (Fsp3) is 0.500. The van der Waals surface area contributed by atoms with Gasteiger partial charge in [-0.05, 0) is 24.1 Å². The van der Waals surface area contributed by atoms with Crippen molar-refractivity contribution < 1.29 is 18.8 Å². The maximum atomic E-state index is 14.3. The van der Waals surface area contributed by atoms with Crippen LogP contribution in [0, 0.1) is 10.1 Å². The lowest BCUT2D eigenvalue weighted by molar-refractivity contribution is -0.386. The minimum atomic E-state index is -1.49. The zero-order valence-corrected chi connectivity index (χ0v) is 11.5. The van der Waals surface area contributed by atoms with Crippen molar-refractivity contribution >= 4 is 17.6 Å². The SMILES string of the molecule is NSc1ccc(OCC2(F)CCOCC2)c([N+](=O)[O-])c1. The minimum absolute atomic E-state index is 0.0521. The third kappa shape index (κ3) is 3.59. The summed E-state index contributed by atoms with van der Waals surface area (Å²) in [5.74, 6) is 0.0521. The number of hydrogen-bond donors (Lipinski definition) is 1. The van der Waals surface area contributed by atoms with E-state index in [9.17, 15) is 14.5 Å². The number of nitro benzene ring substituents is 1. The highest BCUT2D eigenvalue weighted by Gasteiger charge is 2.34. The molecule has 20 heavy (non-hydrogen) atoms. The Kier molecular flexibility index (Phi) is 4.79. The number of nitro groups is 1. The summed E-state index contributed by atoms with van der Waals surface area (Å²) in [5, 5.41) is 16.3. The van der Waals surface area contributed by atoms with E-state index in [1.165, 1.54) is 12.1 Å². The second-order valence-corrected chi connectivity index (χ2v) is 5.26. The number of benzene rings is 1. The standard InChI is InChI=1S/C12H15FN2O4S/c13-12(3-5-18-6-4-12)8-19-11-2-1-9(20-14)7-10(11)15(16)17/h1-2,7H,3-6,8,14H2. The molecule has 1 aromatic rings. The Morgan fingerprint density at radius 3 is 2.80 bits per heavy atom. The van der Waals surface area contributed by atoms with Crippen molar-refractivity contribution in [1.29, 1.82) is 0 Å². The second kappa shape index (κ2) is 6.38. The molecular formula is C12H15FN2O4S. The summed E-state index contributed by atoms with van der Waals surface area (Å²) in [6.45, 7) is 0.460. The zero-order valence-electron chi connectivity index (χ0n) is 10.7. The number of nitrogens with zero attached hydrogens (tertiary/aromatic N) is 1. The van der Waals surface area contributed by atoms with Gasteiger partial charge < -0.3 is 9.47 Å². The van der Waals surface area contributed by atoms with Crippen LogP contribution < -0.4 is 9.88 Å². The monoisotopic (exact) mass is 302 g/mol. The number of alkyl halides is 1. The first-order valence-corrected chi connectivity index (χ1v) is 6.97. The Balaban J connectivity index is 2.10. The average Bonchev–Trinajstić information content (AvgIpc) is 2.45. The molecule has 0 radical (unpaired) electrons. The van der Waals surface area contributed by atoms with E-state index < -0.39 is 10.6 Å². The van der Waals surface area contributed by atoms with Crippen LogP contribution in [-0.4, -0.2) is 30.4 Å². The van der Waals surface area contributed by atoms with Crippen LogP contribution in [0.3, 0.4) is 0 Å². The van der Waals surface area contributed by atoms with Crippen LogP contribution in [0.4, 0.5) is 10.1 Å². The molecule has 0 aliphatic carbocycles. The van der Waals surface area contributed by atoms with Crippen LogP contribution in [0.15, 0.2) is 23.1 Å². The number of hydrogen-bond acceptors (Lipinski definition) is 6. The summed E-state index contributed by atoms with van der Waals surface area (Å²) in [6.07, 6.45) is 0.467. The fourth-order valence-corrected chi connectivity index (χ4v) is 2.25. The highest BCUT2D eigenvalue weighted by Crippen LogP contribution is 2.33. The van der Waals surface area contributed by atoms with Crippen molar-refractivity contribution in [2.75, 3.05) is 19.8 Å². The van der Waals surface area contributed by atoms with E-state index in [1.54, 1.807) is 6.07 Å². The topological polar surface area (TPSA) is 87.6 Å². The van der Waals surface area contributed by atoms with E-state index in [0.29, 0.717) is 18.1 Å². The molecule has 0 saturated carbocycles. The number of rotatable bonds is 5. The van der Waals surface area contributed by atoms with Gasteiger partial charge in [0.1, 0.15) is 12.3 Å². The van der Waals surface area contributed by atoms with E-state index in [0.717, 1.165) is 11.9 Å².